The van der Waals surface area contributed by atoms with Crippen molar-refractivity contribution in [1.82, 2.24) is 9.80 Å². The summed E-state index contributed by atoms with van der Waals surface area (Å²) >= 11 is 4.79. The lowest BCUT2D eigenvalue weighted by Crippen LogP contribution is -2.33. The van der Waals surface area contributed by atoms with Crippen LogP contribution in [0.5, 0.6) is 0 Å². The summed E-state index contributed by atoms with van der Waals surface area (Å²) in [7, 11) is 3.79. The molecule has 0 atom stereocenters. The number of carbonyl (C=O) groups excluding carboxylic acids is 1. The number of hydrogen-bond donors (Lipinski definition) is 2. The predicted octanol–water partition coefficient (Wildman–Crippen LogP) is 0.606. The first-order valence-corrected chi connectivity index (χ1v) is 7.20. The van der Waals surface area contributed by atoms with Crippen LogP contribution in [0.15, 0.2) is 0 Å². The number of hydrogen-bond acceptors (Lipinski definition) is 4. The third-order valence-electron chi connectivity index (χ3n) is 3.02. The first-order chi connectivity index (χ1) is 8.97. The molecule has 0 saturated heterocycles. The minimum absolute atomic E-state index is 0.124. The first kappa shape index (κ1) is 18.3. The van der Waals surface area contributed by atoms with Crippen molar-refractivity contribution in [1.29, 1.82) is 0 Å². The molecule has 0 aromatic carbocycles. The number of rotatable bonds is 11. The van der Waals surface area contributed by atoms with E-state index in [0.717, 1.165) is 32.4 Å². The minimum atomic E-state index is 0.124. The zero-order valence-electron chi connectivity index (χ0n) is 12.1. The molecule has 0 aliphatic rings. The predicted molar refractivity (Wildman–Crippen MR) is 82.1 cm³/mol. The van der Waals surface area contributed by atoms with E-state index in [9.17, 15) is 4.79 Å². The summed E-state index contributed by atoms with van der Waals surface area (Å²) in [6, 6.07) is 0. The monoisotopic (exact) mass is 289 g/mol. The Balaban J connectivity index is 3.67. The zero-order valence-corrected chi connectivity index (χ0v) is 12.9. The fourth-order valence-corrected chi connectivity index (χ4v) is 1.75. The van der Waals surface area contributed by atoms with E-state index >= 15 is 0 Å². The summed E-state index contributed by atoms with van der Waals surface area (Å²) in [6.45, 7) is 2.57. The van der Waals surface area contributed by atoms with E-state index in [2.05, 4.69) is 4.90 Å². The number of aliphatic hydroxyl groups is 1. The molecule has 0 fully saturated rings. The van der Waals surface area contributed by atoms with E-state index in [0.29, 0.717) is 24.4 Å². The molecule has 0 saturated carbocycles. The normalized spacial score (nSPS) is 10.7. The van der Waals surface area contributed by atoms with Gasteiger partial charge in [0.15, 0.2) is 0 Å². The summed E-state index contributed by atoms with van der Waals surface area (Å²) in [5, 5.41) is 8.68. The van der Waals surface area contributed by atoms with Crippen LogP contribution < -0.4 is 5.73 Å². The largest absolute Gasteiger partial charge is 0.396 e. The Morgan fingerprint density at radius 3 is 2.37 bits per heavy atom. The van der Waals surface area contributed by atoms with E-state index in [-0.39, 0.29) is 12.5 Å². The summed E-state index contributed by atoms with van der Waals surface area (Å²) in [5.74, 6) is 0.124. The van der Waals surface area contributed by atoms with Gasteiger partial charge in [-0.05, 0) is 32.9 Å². The highest BCUT2D eigenvalue weighted by molar-refractivity contribution is 7.80. The number of amides is 1. The van der Waals surface area contributed by atoms with Crippen LogP contribution in [0.1, 0.15) is 32.1 Å². The number of aliphatic hydroxyl groups excluding tert-OH is 1. The molecule has 0 spiro atoms. The van der Waals surface area contributed by atoms with Crippen LogP contribution in [0.4, 0.5) is 0 Å². The summed E-state index contributed by atoms with van der Waals surface area (Å²) in [6.07, 6.45) is 4.04. The van der Waals surface area contributed by atoms with Gasteiger partial charge >= 0.3 is 0 Å². The Morgan fingerprint density at radius 2 is 1.79 bits per heavy atom. The lowest BCUT2D eigenvalue weighted by molar-refractivity contribution is -0.130. The topological polar surface area (TPSA) is 69.8 Å². The SMILES string of the molecule is CN(CCCCCO)CCC(=O)N(C)CCC(N)=S. The molecule has 0 bridgehead atoms. The molecule has 0 aromatic heterocycles. The van der Waals surface area contributed by atoms with E-state index in [1.54, 1.807) is 11.9 Å². The summed E-state index contributed by atoms with van der Waals surface area (Å²) in [5.41, 5.74) is 5.41. The molecule has 112 valence electrons. The highest BCUT2D eigenvalue weighted by Gasteiger charge is 2.09. The van der Waals surface area contributed by atoms with Crippen LogP contribution in [0.2, 0.25) is 0 Å². The Morgan fingerprint density at radius 1 is 1.11 bits per heavy atom. The lowest BCUT2D eigenvalue weighted by atomic mass is 10.2. The molecule has 0 radical (unpaired) electrons. The molecule has 1 amide bonds. The molecule has 3 N–H and O–H groups in total. The van der Waals surface area contributed by atoms with Crippen molar-refractivity contribution in [3.05, 3.63) is 0 Å². The molecule has 6 heteroatoms. The molecule has 0 aliphatic carbocycles. The highest BCUT2D eigenvalue weighted by atomic mass is 32.1. The Kier molecular flexibility index (Phi) is 10.7. The van der Waals surface area contributed by atoms with Crippen LogP contribution in [0.25, 0.3) is 0 Å². The number of nitrogens with zero attached hydrogens (tertiary/aromatic N) is 2. The lowest BCUT2D eigenvalue weighted by Gasteiger charge is -2.20. The molecule has 0 heterocycles. The number of nitrogens with two attached hydrogens (primary N) is 1. The number of unbranched alkanes of at least 4 members (excludes halogenated alkanes) is 2. The fourth-order valence-electron chi connectivity index (χ4n) is 1.66. The molecule has 0 aliphatic heterocycles. The Bertz CT molecular complexity index is 275. The zero-order chi connectivity index (χ0) is 14.7. The van der Waals surface area contributed by atoms with E-state index in [4.69, 9.17) is 23.1 Å². The van der Waals surface area contributed by atoms with Crippen LogP contribution in [-0.4, -0.2) is 66.1 Å². The average Bonchev–Trinajstić information content (AvgIpc) is 2.38. The third kappa shape index (κ3) is 10.9. The molecular formula is C13H27N3O2S. The van der Waals surface area contributed by atoms with Crippen molar-refractivity contribution in [3.8, 4) is 0 Å². The van der Waals surface area contributed by atoms with Gasteiger partial charge in [-0.2, -0.15) is 0 Å². The van der Waals surface area contributed by atoms with Gasteiger partial charge < -0.3 is 20.6 Å². The van der Waals surface area contributed by atoms with Gasteiger partial charge in [-0.15, -0.1) is 0 Å². The molecule has 0 aromatic rings. The first-order valence-electron chi connectivity index (χ1n) is 6.79. The maximum absolute atomic E-state index is 11.8. The molecule has 19 heavy (non-hydrogen) atoms. The number of thiocarbonyl (C=S) groups is 1. The molecule has 0 unspecified atom stereocenters. The van der Waals surface area contributed by atoms with Gasteiger partial charge in [0.1, 0.15) is 0 Å². The molecule has 5 nitrogen and oxygen atoms in total. The molecular weight excluding hydrogens is 262 g/mol. The highest BCUT2D eigenvalue weighted by Crippen LogP contribution is 1.99. The van der Waals surface area contributed by atoms with Gasteiger partial charge in [0.2, 0.25) is 5.91 Å². The fraction of sp³-hybridized carbons (Fsp3) is 0.846. The van der Waals surface area contributed by atoms with Crippen LogP contribution >= 0.6 is 12.2 Å². The van der Waals surface area contributed by atoms with Gasteiger partial charge in [0.05, 0.1) is 4.99 Å². The average molecular weight is 289 g/mol. The van der Waals surface area contributed by atoms with Crippen LogP contribution in [0, 0.1) is 0 Å². The second-order valence-corrected chi connectivity index (χ2v) is 5.39. The molecule has 0 rings (SSSR count). The van der Waals surface area contributed by atoms with Crippen molar-refractivity contribution in [2.45, 2.75) is 32.1 Å². The van der Waals surface area contributed by atoms with E-state index in [1.165, 1.54) is 0 Å². The van der Waals surface area contributed by atoms with E-state index < -0.39 is 0 Å². The third-order valence-corrected chi connectivity index (χ3v) is 3.23. The van der Waals surface area contributed by atoms with Crippen LogP contribution in [0.3, 0.4) is 0 Å². The van der Waals surface area contributed by atoms with Crippen molar-refractivity contribution in [3.63, 3.8) is 0 Å². The quantitative estimate of drug-likeness (QED) is 0.431. The second-order valence-electron chi connectivity index (χ2n) is 4.87. The van der Waals surface area contributed by atoms with Gasteiger partial charge in [0, 0.05) is 39.6 Å². The van der Waals surface area contributed by atoms with Crippen LogP contribution in [-0.2, 0) is 4.79 Å². The van der Waals surface area contributed by atoms with Gasteiger partial charge in [0.25, 0.3) is 0 Å². The standard InChI is InChI=1S/C13H27N3O2S/c1-15(8-4-3-5-11-17)9-7-13(18)16(2)10-6-12(14)19/h17H,3-11H2,1-2H3,(H2,14,19). The Hall–Kier alpha value is -0.720. The van der Waals surface area contributed by atoms with E-state index in [1.807, 2.05) is 7.05 Å². The second kappa shape index (κ2) is 11.1. The summed E-state index contributed by atoms with van der Waals surface area (Å²) < 4.78 is 0. The Labute approximate surface area is 121 Å². The van der Waals surface area contributed by atoms with Gasteiger partial charge in [-0.1, -0.05) is 12.2 Å². The van der Waals surface area contributed by atoms with Crippen molar-refractivity contribution in [2.75, 3.05) is 40.3 Å². The summed E-state index contributed by atoms with van der Waals surface area (Å²) in [4.78, 5) is 16.1. The van der Waals surface area contributed by atoms with Gasteiger partial charge in [-0.3, -0.25) is 4.79 Å². The smallest absolute Gasteiger partial charge is 0.223 e. The van der Waals surface area contributed by atoms with Gasteiger partial charge in [-0.25, -0.2) is 0 Å². The minimum Gasteiger partial charge on any atom is -0.396 e. The van der Waals surface area contributed by atoms with Crippen molar-refractivity contribution in [2.24, 2.45) is 5.73 Å². The van der Waals surface area contributed by atoms with Crippen molar-refractivity contribution < 1.29 is 9.90 Å². The maximum atomic E-state index is 11.8. The number of carbonyl (C=O) groups is 1. The maximum Gasteiger partial charge on any atom is 0.223 e. The van der Waals surface area contributed by atoms with Crippen molar-refractivity contribution >= 4 is 23.1 Å².